The zero-order valence-corrected chi connectivity index (χ0v) is 16.6. The topological polar surface area (TPSA) is 48.8 Å². The lowest BCUT2D eigenvalue weighted by Crippen LogP contribution is -2.44. The molecule has 0 bridgehead atoms. The molecule has 1 fully saturated rings. The average Bonchev–Trinajstić information content (AvgIpc) is 2.77. The van der Waals surface area contributed by atoms with Gasteiger partial charge in [-0.2, -0.15) is 0 Å². The first-order valence-corrected chi connectivity index (χ1v) is 9.94. The van der Waals surface area contributed by atoms with Crippen molar-refractivity contribution in [3.8, 4) is 17.0 Å². The molecule has 1 saturated heterocycles. The van der Waals surface area contributed by atoms with E-state index in [0.29, 0.717) is 5.75 Å². The number of rotatable bonds is 6. The molecule has 0 amide bonds. The van der Waals surface area contributed by atoms with Crippen molar-refractivity contribution in [3.63, 3.8) is 0 Å². The molecule has 2 aromatic carbocycles. The van der Waals surface area contributed by atoms with Gasteiger partial charge >= 0.3 is 0 Å². The summed E-state index contributed by atoms with van der Waals surface area (Å²) in [5, 5.41) is 10.2. The van der Waals surface area contributed by atoms with E-state index in [-0.39, 0.29) is 6.61 Å². The molecule has 0 aliphatic carbocycles. The normalized spacial score (nSPS) is 16.2. The molecule has 1 aliphatic heterocycles. The Balaban J connectivity index is 1.49. The van der Waals surface area contributed by atoms with Crippen molar-refractivity contribution in [1.82, 2.24) is 9.88 Å². The molecule has 0 spiro atoms. The Morgan fingerprint density at radius 1 is 1.03 bits per heavy atom. The third-order valence-electron chi connectivity index (χ3n) is 5.31. The van der Waals surface area contributed by atoms with E-state index in [1.54, 1.807) is 6.07 Å². The SMILES string of the molecule is CN1CCN(c2ccc(-c3ccc4cc(OCC(O)CF)ccc4n3)cc2)CC1. The highest BCUT2D eigenvalue weighted by Gasteiger charge is 2.14. The molecule has 1 atom stereocenters. The van der Waals surface area contributed by atoms with Crippen LogP contribution in [0.4, 0.5) is 10.1 Å². The number of alkyl halides is 1. The van der Waals surface area contributed by atoms with E-state index < -0.39 is 12.8 Å². The summed E-state index contributed by atoms with van der Waals surface area (Å²) in [7, 11) is 2.16. The first-order chi connectivity index (χ1) is 14.1. The van der Waals surface area contributed by atoms with Gasteiger partial charge in [-0.3, -0.25) is 0 Å². The molecule has 2 heterocycles. The Labute approximate surface area is 170 Å². The second-order valence-corrected chi connectivity index (χ2v) is 7.51. The highest BCUT2D eigenvalue weighted by molar-refractivity contribution is 5.83. The summed E-state index contributed by atoms with van der Waals surface area (Å²) in [6, 6.07) is 18.1. The van der Waals surface area contributed by atoms with Crippen LogP contribution in [0.3, 0.4) is 0 Å². The number of aromatic nitrogens is 1. The number of nitrogens with zero attached hydrogens (tertiary/aromatic N) is 3. The third-order valence-corrected chi connectivity index (χ3v) is 5.31. The maximum atomic E-state index is 12.3. The van der Waals surface area contributed by atoms with E-state index in [1.807, 2.05) is 24.3 Å². The number of halogens is 1. The van der Waals surface area contributed by atoms with Crippen LogP contribution in [0.5, 0.6) is 5.75 Å². The molecule has 1 aromatic heterocycles. The minimum atomic E-state index is -1.10. The molecule has 6 heteroatoms. The summed E-state index contributed by atoms with van der Waals surface area (Å²) >= 11 is 0. The first-order valence-electron chi connectivity index (χ1n) is 9.94. The monoisotopic (exact) mass is 395 g/mol. The van der Waals surface area contributed by atoms with E-state index in [1.165, 1.54) is 5.69 Å². The predicted octanol–water partition coefficient (Wildman–Crippen LogP) is 3.36. The van der Waals surface area contributed by atoms with Gasteiger partial charge in [0.15, 0.2) is 0 Å². The van der Waals surface area contributed by atoms with Gasteiger partial charge < -0.3 is 19.6 Å². The summed E-state index contributed by atoms with van der Waals surface area (Å²) in [6.45, 7) is 3.41. The highest BCUT2D eigenvalue weighted by Crippen LogP contribution is 2.26. The Kier molecular flexibility index (Phi) is 5.92. The molecule has 152 valence electrons. The van der Waals surface area contributed by atoms with E-state index in [4.69, 9.17) is 9.72 Å². The zero-order valence-electron chi connectivity index (χ0n) is 16.6. The summed E-state index contributed by atoms with van der Waals surface area (Å²) in [5.74, 6) is 0.594. The summed E-state index contributed by atoms with van der Waals surface area (Å²) < 4.78 is 17.8. The summed E-state index contributed by atoms with van der Waals surface area (Å²) in [5.41, 5.74) is 4.11. The van der Waals surface area contributed by atoms with Gasteiger partial charge in [-0.25, -0.2) is 9.37 Å². The van der Waals surface area contributed by atoms with Crippen LogP contribution >= 0.6 is 0 Å². The van der Waals surface area contributed by atoms with Crippen LogP contribution in [-0.2, 0) is 0 Å². The number of fused-ring (bicyclic) bond motifs is 1. The van der Waals surface area contributed by atoms with E-state index in [2.05, 4.69) is 41.1 Å². The molecule has 1 unspecified atom stereocenters. The van der Waals surface area contributed by atoms with Crippen LogP contribution in [0.15, 0.2) is 54.6 Å². The Morgan fingerprint density at radius 3 is 2.52 bits per heavy atom. The second-order valence-electron chi connectivity index (χ2n) is 7.51. The van der Waals surface area contributed by atoms with Gasteiger partial charge in [-0.1, -0.05) is 18.2 Å². The molecule has 4 rings (SSSR count). The predicted molar refractivity (Wildman–Crippen MR) is 114 cm³/mol. The van der Waals surface area contributed by atoms with Crippen molar-refractivity contribution < 1.29 is 14.2 Å². The largest absolute Gasteiger partial charge is 0.491 e. The van der Waals surface area contributed by atoms with Gasteiger partial charge in [0.25, 0.3) is 0 Å². The molecule has 0 radical (unpaired) electrons. The van der Waals surface area contributed by atoms with Crippen LogP contribution in [0.1, 0.15) is 0 Å². The standard InChI is InChI=1S/C23H26FN3O2/c1-26-10-12-27(13-11-26)19-5-2-17(3-6-19)22-8-4-18-14-21(7-9-23(18)25-22)29-16-20(28)15-24/h2-9,14,20,28H,10-13,15-16H2,1H3. The number of hydrogen-bond acceptors (Lipinski definition) is 5. The van der Waals surface area contributed by atoms with Gasteiger partial charge in [0.05, 0.1) is 11.2 Å². The van der Waals surface area contributed by atoms with Gasteiger partial charge in [0.2, 0.25) is 0 Å². The minimum Gasteiger partial charge on any atom is -0.491 e. The Morgan fingerprint density at radius 2 is 1.79 bits per heavy atom. The van der Waals surface area contributed by atoms with Crippen LogP contribution < -0.4 is 9.64 Å². The van der Waals surface area contributed by atoms with Crippen LogP contribution in [0.2, 0.25) is 0 Å². The van der Waals surface area contributed by atoms with Gasteiger partial charge in [0.1, 0.15) is 25.1 Å². The van der Waals surface area contributed by atoms with Crippen molar-refractivity contribution in [2.24, 2.45) is 0 Å². The molecular formula is C23H26FN3O2. The number of aliphatic hydroxyl groups excluding tert-OH is 1. The quantitative estimate of drug-likeness (QED) is 0.694. The maximum absolute atomic E-state index is 12.3. The molecular weight excluding hydrogens is 369 g/mol. The van der Waals surface area contributed by atoms with Crippen molar-refractivity contribution in [1.29, 1.82) is 0 Å². The van der Waals surface area contributed by atoms with Crippen LogP contribution in [-0.4, -0.2) is 67.6 Å². The number of benzene rings is 2. The fourth-order valence-corrected chi connectivity index (χ4v) is 3.50. The Bertz CT molecular complexity index is 956. The molecule has 0 saturated carbocycles. The summed E-state index contributed by atoms with van der Waals surface area (Å²) in [4.78, 5) is 9.53. The fraction of sp³-hybridized carbons (Fsp3) is 0.348. The van der Waals surface area contributed by atoms with Crippen molar-refractivity contribution >= 4 is 16.6 Å². The number of ether oxygens (including phenoxy) is 1. The van der Waals surface area contributed by atoms with Crippen LogP contribution in [0, 0.1) is 0 Å². The third kappa shape index (κ3) is 4.66. The summed E-state index contributed by atoms with van der Waals surface area (Å²) in [6.07, 6.45) is -1.10. The lowest BCUT2D eigenvalue weighted by atomic mass is 10.1. The lowest BCUT2D eigenvalue weighted by Gasteiger charge is -2.34. The van der Waals surface area contributed by atoms with Crippen molar-refractivity contribution in [3.05, 3.63) is 54.6 Å². The molecule has 1 N–H and O–H groups in total. The number of hydrogen-bond donors (Lipinski definition) is 1. The van der Waals surface area contributed by atoms with Crippen LogP contribution in [0.25, 0.3) is 22.2 Å². The molecule has 3 aromatic rings. The Hall–Kier alpha value is -2.70. The molecule has 29 heavy (non-hydrogen) atoms. The number of piperazine rings is 1. The van der Waals surface area contributed by atoms with E-state index >= 15 is 0 Å². The van der Waals surface area contributed by atoms with Gasteiger partial charge in [-0.05, 0) is 43.4 Å². The average molecular weight is 395 g/mol. The minimum absolute atomic E-state index is 0.0623. The number of aliphatic hydroxyl groups is 1. The molecule has 5 nitrogen and oxygen atoms in total. The fourth-order valence-electron chi connectivity index (χ4n) is 3.50. The molecule has 1 aliphatic rings. The maximum Gasteiger partial charge on any atom is 0.120 e. The number of anilines is 1. The van der Waals surface area contributed by atoms with Crippen molar-refractivity contribution in [2.75, 3.05) is 51.4 Å². The number of likely N-dealkylation sites (N-methyl/N-ethyl adjacent to an activating group) is 1. The first kappa shape index (κ1) is 19.6. The highest BCUT2D eigenvalue weighted by atomic mass is 19.1. The van der Waals surface area contributed by atoms with Gasteiger partial charge in [-0.15, -0.1) is 0 Å². The smallest absolute Gasteiger partial charge is 0.120 e. The van der Waals surface area contributed by atoms with E-state index in [9.17, 15) is 9.50 Å². The second kappa shape index (κ2) is 8.76. The lowest BCUT2D eigenvalue weighted by molar-refractivity contribution is 0.0842. The van der Waals surface area contributed by atoms with E-state index in [0.717, 1.165) is 48.3 Å². The number of pyridine rings is 1. The van der Waals surface area contributed by atoms with Crippen molar-refractivity contribution in [2.45, 2.75) is 6.10 Å². The zero-order chi connectivity index (χ0) is 20.2. The van der Waals surface area contributed by atoms with Gasteiger partial charge in [0, 0.05) is 42.8 Å².